The van der Waals surface area contributed by atoms with Crippen LogP contribution in [0.4, 0.5) is 0 Å². The fourth-order valence-corrected chi connectivity index (χ4v) is 8.60. The highest BCUT2D eigenvalue weighted by Gasteiger charge is 2.40. The van der Waals surface area contributed by atoms with Crippen molar-refractivity contribution in [3.8, 4) is 11.4 Å². The first kappa shape index (κ1) is 31.7. The number of halogens is 2. The minimum atomic E-state index is -4.11. The zero-order chi connectivity index (χ0) is 31.6. The summed E-state index contributed by atoms with van der Waals surface area (Å²) in [6.45, 7) is 5.63. The number of carbonyl (C=O) groups is 1. The average molecular weight is 673 g/mol. The third kappa shape index (κ3) is 6.66. The molecule has 2 aliphatic heterocycles. The number of hydrogen-bond donors (Lipinski definition) is 1. The molecule has 11 nitrogen and oxygen atoms in total. The Labute approximate surface area is 272 Å². The molecular weight excluding hydrogens is 637 g/mol. The van der Waals surface area contributed by atoms with Crippen molar-refractivity contribution in [2.75, 3.05) is 32.7 Å². The molecule has 2 fully saturated rings. The lowest BCUT2D eigenvalue weighted by Gasteiger charge is -2.25. The van der Waals surface area contributed by atoms with Crippen LogP contribution in [-0.2, 0) is 21.4 Å². The zero-order valence-corrected chi connectivity index (χ0v) is 27.3. The number of benzene rings is 2. The molecule has 0 bridgehead atoms. The largest absolute Gasteiger partial charge is 0.487 e. The number of hydrogen-bond acceptors (Lipinski definition) is 8. The molecule has 238 valence electrons. The number of sulfonamides is 1. The molecule has 14 heteroatoms. The molecular formula is C31H35Cl2N7O4S. The van der Waals surface area contributed by atoms with Gasteiger partial charge in [0.2, 0.25) is 15.9 Å². The minimum absolute atomic E-state index is 0.0353. The zero-order valence-electron chi connectivity index (χ0n) is 25.0. The smallest absolute Gasteiger partial charge is 0.245 e. The number of aryl methyl sites for hydroxylation is 1. The average Bonchev–Trinajstić information content (AvgIpc) is 3.82. The number of nitrogens with zero attached hydrogens (tertiary/aromatic N) is 6. The van der Waals surface area contributed by atoms with Crippen LogP contribution in [0.1, 0.15) is 43.4 Å². The molecule has 45 heavy (non-hydrogen) atoms. The predicted octanol–water partition coefficient (Wildman–Crippen LogP) is 4.76. The summed E-state index contributed by atoms with van der Waals surface area (Å²) in [4.78, 5) is 24.1. The number of fused-ring (bicyclic) bond motifs is 1. The Hall–Kier alpha value is -3.29. The maximum Gasteiger partial charge on any atom is 0.245 e. The van der Waals surface area contributed by atoms with E-state index >= 15 is 0 Å². The van der Waals surface area contributed by atoms with Crippen LogP contribution in [0.15, 0.2) is 53.9 Å². The van der Waals surface area contributed by atoms with Crippen molar-refractivity contribution in [1.29, 1.82) is 0 Å². The van der Waals surface area contributed by atoms with Gasteiger partial charge >= 0.3 is 0 Å². The summed E-state index contributed by atoms with van der Waals surface area (Å²) in [5.74, 6) is 0.189. The number of carbonyl (C=O) groups excluding carboxylic acids is 1. The Bertz CT molecular complexity index is 1800. The maximum absolute atomic E-state index is 13.9. The highest BCUT2D eigenvalue weighted by Crippen LogP contribution is 2.37. The quantitative estimate of drug-likeness (QED) is 0.226. The molecule has 1 atom stereocenters. The van der Waals surface area contributed by atoms with E-state index in [2.05, 4.69) is 25.3 Å². The van der Waals surface area contributed by atoms with Gasteiger partial charge in [-0.25, -0.2) is 23.1 Å². The molecule has 0 saturated carbocycles. The van der Waals surface area contributed by atoms with Gasteiger partial charge in [-0.2, -0.15) is 9.40 Å². The number of para-hydroxylation sites is 1. The van der Waals surface area contributed by atoms with Gasteiger partial charge in [-0.05, 0) is 82.9 Å². The molecule has 0 spiro atoms. The van der Waals surface area contributed by atoms with Gasteiger partial charge in [-0.3, -0.25) is 4.79 Å². The molecule has 2 aromatic heterocycles. The van der Waals surface area contributed by atoms with Crippen molar-refractivity contribution in [3.05, 3.63) is 70.4 Å². The van der Waals surface area contributed by atoms with E-state index in [-0.39, 0.29) is 34.0 Å². The second-order valence-electron chi connectivity index (χ2n) is 11.4. The van der Waals surface area contributed by atoms with Crippen molar-refractivity contribution in [2.45, 2.75) is 56.6 Å². The van der Waals surface area contributed by atoms with Gasteiger partial charge in [0.05, 0.1) is 10.7 Å². The molecule has 1 unspecified atom stereocenters. The van der Waals surface area contributed by atoms with Gasteiger partial charge in [-0.1, -0.05) is 35.3 Å². The van der Waals surface area contributed by atoms with Gasteiger partial charge in [0.25, 0.3) is 0 Å². The van der Waals surface area contributed by atoms with Gasteiger partial charge in [0.15, 0.2) is 0 Å². The molecule has 0 radical (unpaired) electrons. The molecule has 4 heterocycles. The lowest BCUT2D eigenvalue weighted by Crippen LogP contribution is -2.46. The number of nitrogens with one attached hydrogen (secondary N) is 1. The van der Waals surface area contributed by atoms with Crippen LogP contribution in [0.25, 0.3) is 16.6 Å². The Morgan fingerprint density at radius 3 is 2.71 bits per heavy atom. The fourth-order valence-electron chi connectivity index (χ4n) is 6.08. The Balaban J connectivity index is 1.20. The Morgan fingerprint density at radius 1 is 1.11 bits per heavy atom. The number of ether oxygens (including phenoxy) is 1. The summed E-state index contributed by atoms with van der Waals surface area (Å²) in [7, 11) is -4.11. The van der Waals surface area contributed by atoms with Crippen molar-refractivity contribution in [2.24, 2.45) is 0 Å². The second-order valence-corrected chi connectivity index (χ2v) is 14.0. The lowest BCUT2D eigenvalue weighted by atomic mass is 10.1. The fraction of sp³-hybridized carbons (Fsp3) is 0.419. The second kappa shape index (κ2) is 13.6. The predicted molar refractivity (Wildman–Crippen MR) is 172 cm³/mol. The highest BCUT2D eigenvalue weighted by atomic mass is 35.5. The Morgan fingerprint density at radius 2 is 1.93 bits per heavy atom. The standard InChI is InChI=1S/C31H35Cl2N7O4S/c1-21-17-26(39-20-34-19-36-39)22-7-4-9-27(30(22)37-21)44-18-23-24(32)10-11-28(29(23)33)45(42,43)40-16-5-8-25(40)31(41)35-12-6-15-38-13-2-3-14-38/h4,7,9-11,17,19-20,25H,2-3,5-6,8,12-16,18H2,1H3,(H,35,41). The first-order valence-electron chi connectivity index (χ1n) is 15.1. The van der Waals surface area contributed by atoms with E-state index in [1.807, 2.05) is 25.1 Å². The van der Waals surface area contributed by atoms with Crippen molar-refractivity contribution >= 4 is 50.0 Å². The topological polar surface area (TPSA) is 123 Å². The monoisotopic (exact) mass is 671 g/mol. The number of rotatable bonds is 11. The van der Waals surface area contributed by atoms with Crippen LogP contribution in [0.3, 0.4) is 0 Å². The third-order valence-electron chi connectivity index (χ3n) is 8.34. The number of aromatic nitrogens is 4. The van der Waals surface area contributed by atoms with Crippen molar-refractivity contribution in [3.63, 3.8) is 0 Å². The number of pyridine rings is 1. The summed E-state index contributed by atoms with van der Waals surface area (Å²) < 4.78 is 36.9. The molecule has 2 aromatic carbocycles. The first-order valence-corrected chi connectivity index (χ1v) is 17.3. The molecule has 1 amide bonds. The minimum Gasteiger partial charge on any atom is -0.487 e. The SMILES string of the molecule is Cc1cc(-n2cncn2)c2cccc(OCc3c(Cl)ccc(S(=O)(=O)N4CCCC4C(=O)NCCCN4CCCC4)c3Cl)c2n1. The van der Waals surface area contributed by atoms with Crippen molar-refractivity contribution < 1.29 is 17.9 Å². The van der Waals surface area contributed by atoms with E-state index in [1.54, 1.807) is 17.1 Å². The normalized spacial score (nSPS) is 17.7. The summed E-state index contributed by atoms with van der Waals surface area (Å²) in [6.07, 6.45) is 7.35. The Kier molecular flexibility index (Phi) is 9.57. The summed E-state index contributed by atoms with van der Waals surface area (Å²) in [6, 6.07) is 9.53. The number of likely N-dealkylation sites (tertiary alicyclic amines) is 1. The molecule has 6 rings (SSSR count). The van der Waals surface area contributed by atoms with Gasteiger partial charge in [0, 0.05) is 34.8 Å². The van der Waals surface area contributed by atoms with E-state index in [9.17, 15) is 13.2 Å². The highest BCUT2D eigenvalue weighted by molar-refractivity contribution is 7.89. The van der Waals surface area contributed by atoms with E-state index in [1.165, 1.54) is 35.6 Å². The van der Waals surface area contributed by atoms with E-state index < -0.39 is 16.1 Å². The summed E-state index contributed by atoms with van der Waals surface area (Å²) >= 11 is 13.3. The van der Waals surface area contributed by atoms with Crippen LogP contribution >= 0.6 is 23.2 Å². The van der Waals surface area contributed by atoms with Gasteiger partial charge < -0.3 is 15.0 Å². The molecule has 2 saturated heterocycles. The van der Waals surface area contributed by atoms with Crippen LogP contribution < -0.4 is 10.1 Å². The lowest BCUT2D eigenvalue weighted by molar-refractivity contribution is -0.124. The third-order valence-corrected chi connectivity index (χ3v) is 11.2. The summed E-state index contributed by atoms with van der Waals surface area (Å²) in [5, 5.41) is 8.23. The molecule has 1 N–H and O–H groups in total. The maximum atomic E-state index is 13.9. The number of amides is 1. The van der Waals surface area contributed by atoms with Gasteiger partial charge in [0.1, 0.15) is 41.5 Å². The van der Waals surface area contributed by atoms with Crippen LogP contribution in [-0.4, -0.2) is 82.0 Å². The first-order chi connectivity index (χ1) is 21.7. The van der Waals surface area contributed by atoms with Crippen LogP contribution in [0.5, 0.6) is 5.75 Å². The van der Waals surface area contributed by atoms with E-state index in [0.29, 0.717) is 36.2 Å². The molecule has 2 aliphatic rings. The van der Waals surface area contributed by atoms with Crippen LogP contribution in [0.2, 0.25) is 10.0 Å². The summed E-state index contributed by atoms with van der Waals surface area (Å²) in [5.41, 5.74) is 2.47. The van der Waals surface area contributed by atoms with Crippen LogP contribution in [0, 0.1) is 6.92 Å². The van der Waals surface area contributed by atoms with E-state index in [0.717, 1.165) is 42.8 Å². The molecule has 4 aromatic rings. The molecule has 0 aliphatic carbocycles. The van der Waals surface area contributed by atoms with Crippen molar-refractivity contribution in [1.82, 2.24) is 34.3 Å². The van der Waals surface area contributed by atoms with Gasteiger partial charge in [-0.15, -0.1) is 0 Å². The van der Waals surface area contributed by atoms with E-state index in [4.69, 9.17) is 27.9 Å².